The Morgan fingerprint density at radius 1 is 1.09 bits per heavy atom. The molecule has 0 bridgehead atoms. The Hall–Kier alpha value is -2.59. The van der Waals surface area contributed by atoms with Crippen molar-refractivity contribution in [1.82, 2.24) is 4.57 Å². The SMILES string of the molecule is C=CCn1c(-c2ccccc2)csc1=Nc1ccc(O)cc1. The van der Waals surface area contributed by atoms with Crippen LogP contribution in [0.4, 0.5) is 5.69 Å². The van der Waals surface area contributed by atoms with Crippen LogP contribution in [0.25, 0.3) is 11.3 Å². The van der Waals surface area contributed by atoms with Crippen LogP contribution in [-0.2, 0) is 6.54 Å². The van der Waals surface area contributed by atoms with Gasteiger partial charge in [-0.2, -0.15) is 0 Å². The molecule has 1 aromatic heterocycles. The van der Waals surface area contributed by atoms with Crippen LogP contribution in [0.1, 0.15) is 0 Å². The molecule has 0 spiro atoms. The van der Waals surface area contributed by atoms with Crippen molar-refractivity contribution in [3.63, 3.8) is 0 Å². The average molecular weight is 308 g/mol. The largest absolute Gasteiger partial charge is 0.508 e. The molecule has 0 atom stereocenters. The lowest BCUT2D eigenvalue weighted by molar-refractivity contribution is 0.475. The van der Waals surface area contributed by atoms with E-state index in [9.17, 15) is 5.11 Å². The molecule has 0 unspecified atom stereocenters. The van der Waals surface area contributed by atoms with Crippen molar-refractivity contribution in [1.29, 1.82) is 0 Å². The second-order valence-electron chi connectivity index (χ2n) is 4.80. The fraction of sp³-hybridized carbons (Fsp3) is 0.0556. The fourth-order valence-electron chi connectivity index (χ4n) is 2.20. The highest BCUT2D eigenvalue weighted by atomic mass is 32.1. The van der Waals surface area contributed by atoms with Gasteiger partial charge in [-0.05, 0) is 29.8 Å². The minimum atomic E-state index is 0.245. The summed E-state index contributed by atoms with van der Waals surface area (Å²) in [7, 11) is 0. The monoisotopic (exact) mass is 308 g/mol. The van der Waals surface area contributed by atoms with Gasteiger partial charge in [-0.1, -0.05) is 36.4 Å². The number of aromatic nitrogens is 1. The number of phenolic OH excluding ortho intramolecular Hbond substituents is 1. The van der Waals surface area contributed by atoms with E-state index in [1.165, 1.54) is 0 Å². The highest BCUT2D eigenvalue weighted by molar-refractivity contribution is 7.07. The van der Waals surface area contributed by atoms with Gasteiger partial charge in [-0.25, -0.2) is 4.99 Å². The standard InChI is InChI=1S/C18H16N2OS/c1-2-12-20-17(14-6-4-3-5-7-14)13-22-18(20)19-15-8-10-16(21)11-9-15/h2-11,13,21H,1,12H2. The van der Waals surface area contributed by atoms with Gasteiger partial charge < -0.3 is 9.67 Å². The highest BCUT2D eigenvalue weighted by Gasteiger charge is 2.06. The highest BCUT2D eigenvalue weighted by Crippen LogP contribution is 2.21. The molecule has 0 radical (unpaired) electrons. The van der Waals surface area contributed by atoms with Crippen molar-refractivity contribution in [2.24, 2.45) is 4.99 Å². The van der Waals surface area contributed by atoms with E-state index in [4.69, 9.17) is 0 Å². The van der Waals surface area contributed by atoms with Crippen molar-refractivity contribution in [2.75, 3.05) is 0 Å². The number of benzene rings is 2. The Bertz CT molecular complexity index is 830. The maximum Gasteiger partial charge on any atom is 0.190 e. The first kappa shape index (κ1) is 14.4. The van der Waals surface area contributed by atoms with Crippen LogP contribution < -0.4 is 4.80 Å². The van der Waals surface area contributed by atoms with Gasteiger partial charge in [0.25, 0.3) is 0 Å². The second-order valence-corrected chi connectivity index (χ2v) is 5.63. The van der Waals surface area contributed by atoms with Crippen LogP contribution >= 0.6 is 11.3 Å². The first-order valence-electron chi connectivity index (χ1n) is 6.96. The summed E-state index contributed by atoms with van der Waals surface area (Å²) in [6.45, 7) is 4.54. The number of nitrogens with zero attached hydrogens (tertiary/aromatic N) is 2. The molecule has 1 N–H and O–H groups in total. The molecule has 0 aliphatic carbocycles. The zero-order chi connectivity index (χ0) is 15.4. The summed E-state index contributed by atoms with van der Waals surface area (Å²) in [5.41, 5.74) is 3.10. The second kappa shape index (κ2) is 6.45. The fourth-order valence-corrected chi connectivity index (χ4v) is 3.14. The molecule has 3 nitrogen and oxygen atoms in total. The first-order valence-corrected chi connectivity index (χ1v) is 7.84. The molecule has 110 valence electrons. The number of hydrogen-bond donors (Lipinski definition) is 1. The summed E-state index contributed by atoms with van der Waals surface area (Å²) in [5, 5.41) is 11.5. The van der Waals surface area contributed by atoms with Crippen LogP contribution in [0.5, 0.6) is 5.75 Å². The van der Waals surface area contributed by atoms with E-state index in [-0.39, 0.29) is 5.75 Å². The van der Waals surface area contributed by atoms with Crippen LogP contribution in [0.2, 0.25) is 0 Å². The molecule has 0 amide bonds. The smallest absolute Gasteiger partial charge is 0.190 e. The molecule has 0 aliphatic rings. The summed E-state index contributed by atoms with van der Waals surface area (Å²) in [4.78, 5) is 5.58. The van der Waals surface area contributed by atoms with Gasteiger partial charge >= 0.3 is 0 Å². The van der Waals surface area contributed by atoms with Crippen LogP contribution in [0, 0.1) is 0 Å². The Morgan fingerprint density at radius 2 is 1.82 bits per heavy atom. The van der Waals surface area contributed by atoms with E-state index in [2.05, 4.69) is 33.7 Å². The van der Waals surface area contributed by atoms with Crippen molar-refractivity contribution in [3.05, 3.63) is 77.4 Å². The van der Waals surface area contributed by atoms with Gasteiger partial charge in [-0.15, -0.1) is 17.9 Å². The van der Waals surface area contributed by atoms with Gasteiger partial charge in [0.1, 0.15) is 5.75 Å². The third-order valence-electron chi connectivity index (χ3n) is 3.25. The number of phenols is 1. The van der Waals surface area contributed by atoms with Crippen LogP contribution in [0.3, 0.4) is 0 Å². The van der Waals surface area contributed by atoms with E-state index in [0.29, 0.717) is 6.54 Å². The molecular weight excluding hydrogens is 292 g/mol. The van der Waals surface area contributed by atoms with Gasteiger partial charge in [0.05, 0.1) is 11.4 Å². The number of hydrogen-bond acceptors (Lipinski definition) is 3. The first-order chi connectivity index (χ1) is 10.8. The third-order valence-corrected chi connectivity index (χ3v) is 4.12. The predicted octanol–water partition coefficient (Wildman–Crippen LogP) is 4.34. The van der Waals surface area contributed by atoms with Crippen molar-refractivity contribution in [2.45, 2.75) is 6.54 Å². The van der Waals surface area contributed by atoms with Gasteiger partial charge in [0.15, 0.2) is 4.80 Å². The number of thiazole rings is 1. The Morgan fingerprint density at radius 3 is 2.50 bits per heavy atom. The molecule has 2 aromatic carbocycles. The molecule has 3 rings (SSSR count). The van der Waals surface area contributed by atoms with Crippen LogP contribution in [0.15, 0.2) is 77.6 Å². The quantitative estimate of drug-likeness (QED) is 0.715. The molecule has 0 saturated heterocycles. The van der Waals surface area contributed by atoms with Crippen molar-refractivity contribution >= 4 is 17.0 Å². The average Bonchev–Trinajstić information content (AvgIpc) is 2.94. The molecule has 0 saturated carbocycles. The van der Waals surface area contributed by atoms with E-state index in [0.717, 1.165) is 21.7 Å². The van der Waals surface area contributed by atoms with Gasteiger partial charge in [-0.3, -0.25) is 0 Å². The minimum absolute atomic E-state index is 0.245. The Balaban J connectivity index is 2.11. The normalized spacial score (nSPS) is 11.5. The molecule has 1 heterocycles. The van der Waals surface area contributed by atoms with Crippen molar-refractivity contribution < 1.29 is 5.11 Å². The molecule has 0 aliphatic heterocycles. The van der Waals surface area contributed by atoms with Gasteiger partial charge in [0, 0.05) is 11.9 Å². The lowest BCUT2D eigenvalue weighted by atomic mass is 10.2. The van der Waals surface area contributed by atoms with E-state index < -0.39 is 0 Å². The third kappa shape index (κ3) is 3.02. The summed E-state index contributed by atoms with van der Waals surface area (Å²) in [6, 6.07) is 17.1. The molecule has 3 aromatic rings. The Labute approximate surface area is 133 Å². The maximum atomic E-state index is 9.36. The summed E-state index contributed by atoms with van der Waals surface area (Å²) < 4.78 is 2.14. The minimum Gasteiger partial charge on any atom is -0.508 e. The van der Waals surface area contributed by atoms with Crippen molar-refractivity contribution in [3.8, 4) is 17.0 Å². The summed E-state index contributed by atoms with van der Waals surface area (Å²) in [5.74, 6) is 0.245. The maximum absolute atomic E-state index is 9.36. The van der Waals surface area contributed by atoms with Gasteiger partial charge in [0.2, 0.25) is 0 Å². The van der Waals surface area contributed by atoms with E-state index >= 15 is 0 Å². The van der Waals surface area contributed by atoms with Crippen LogP contribution in [-0.4, -0.2) is 9.67 Å². The molecule has 22 heavy (non-hydrogen) atoms. The lowest BCUT2D eigenvalue weighted by Gasteiger charge is -2.06. The summed E-state index contributed by atoms with van der Waals surface area (Å²) >= 11 is 1.60. The zero-order valence-corrected chi connectivity index (χ0v) is 12.8. The summed E-state index contributed by atoms with van der Waals surface area (Å²) in [6.07, 6.45) is 1.87. The van der Waals surface area contributed by atoms with E-state index in [1.807, 2.05) is 24.3 Å². The molecule has 0 fully saturated rings. The number of allylic oxidation sites excluding steroid dienone is 1. The lowest BCUT2D eigenvalue weighted by Crippen LogP contribution is -2.14. The number of rotatable bonds is 4. The topological polar surface area (TPSA) is 37.5 Å². The molecule has 4 heteroatoms. The number of aromatic hydroxyl groups is 1. The van der Waals surface area contributed by atoms with E-state index in [1.54, 1.807) is 35.6 Å². The predicted molar refractivity (Wildman–Crippen MR) is 91.3 cm³/mol. The molecular formula is C18H16N2OS. The Kier molecular flexibility index (Phi) is 4.21. The zero-order valence-electron chi connectivity index (χ0n) is 12.0.